The summed E-state index contributed by atoms with van der Waals surface area (Å²) < 4.78 is 48.0. The largest absolute Gasteiger partial charge is 0.391 e. The lowest BCUT2D eigenvalue weighted by Gasteiger charge is -2.47. The topological polar surface area (TPSA) is 116 Å². The summed E-state index contributed by atoms with van der Waals surface area (Å²) in [6, 6.07) is -1.30. The highest BCUT2D eigenvalue weighted by Gasteiger charge is 2.53. The second-order valence-electron chi connectivity index (χ2n) is 8.05. The number of hydrogen-bond acceptors (Lipinski definition) is 6. The third-order valence-corrected chi connectivity index (χ3v) is 7.89. The van der Waals surface area contributed by atoms with Gasteiger partial charge >= 0.3 is 10.2 Å². The van der Waals surface area contributed by atoms with Crippen molar-refractivity contribution in [3.8, 4) is 0 Å². The number of hydrogen-bond donors (Lipinski definition) is 2. The highest BCUT2D eigenvalue weighted by atomic mass is 32.2. The predicted molar refractivity (Wildman–Crippen MR) is 102 cm³/mol. The van der Waals surface area contributed by atoms with Gasteiger partial charge in [-0.2, -0.15) is 12.7 Å². The van der Waals surface area contributed by atoms with Gasteiger partial charge in [0.05, 0.1) is 24.8 Å². The third-order valence-electron chi connectivity index (χ3n) is 6.42. The first-order valence-corrected chi connectivity index (χ1v) is 11.7. The summed E-state index contributed by atoms with van der Waals surface area (Å²) in [6.45, 7) is 4.42. The number of likely N-dealkylation sites (N-methyl/N-ethyl adjacent to an activating group) is 1. The molecule has 3 fully saturated rings. The van der Waals surface area contributed by atoms with Gasteiger partial charge in [0, 0.05) is 13.1 Å². The van der Waals surface area contributed by atoms with Gasteiger partial charge in [-0.25, -0.2) is 9.11 Å². The van der Waals surface area contributed by atoms with Gasteiger partial charge in [0.25, 0.3) is 0 Å². The molecule has 9 nitrogen and oxygen atoms in total. The number of amides is 2. The lowest BCUT2D eigenvalue weighted by molar-refractivity contribution is -0.141. The molecule has 3 aliphatic rings. The van der Waals surface area contributed by atoms with Crippen molar-refractivity contribution in [3.63, 3.8) is 0 Å². The van der Waals surface area contributed by atoms with Crippen molar-refractivity contribution in [2.45, 2.75) is 64.0 Å². The number of rotatable bonds is 6. The Bertz CT molecular complexity index is 731. The summed E-state index contributed by atoms with van der Waals surface area (Å²) >= 11 is 0. The second-order valence-corrected chi connectivity index (χ2v) is 9.67. The molecule has 166 valence electrons. The molecule has 1 saturated heterocycles. The third kappa shape index (κ3) is 4.57. The molecule has 0 aromatic heterocycles. The van der Waals surface area contributed by atoms with E-state index in [1.807, 2.05) is 18.6 Å². The molecule has 2 aliphatic carbocycles. The SMILES string of the molecule is CCN(CC)C(=O)COC1CCC2CC(O)C(N3CC(=O)NS3(=O)=O)C(F)C2C1. The molecule has 2 saturated carbocycles. The summed E-state index contributed by atoms with van der Waals surface area (Å²) in [5.74, 6) is -1.41. The fraction of sp³-hybridized carbons (Fsp3) is 0.889. The Balaban J connectivity index is 1.66. The van der Waals surface area contributed by atoms with E-state index < -0.39 is 46.9 Å². The van der Waals surface area contributed by atoms with Gasteiger partial charge < -0.3 is 14.7 Å². The molecule has 2 amide bonds. The number of carbonyl (C=O) groups is 2. The van der Waals surface area contributed by atoms with Crippen LogP contribution < -0.4 is 4.72 Å². The van der Waals surface area contributed by atoms with E-state index in [4.69, 9.17) is 4.74 Å². The van der Waals surface area contributed by atoms with Crippen molar-refractivity contribution in [1.82, 2.24) is 13.9 Å². The minimum absolute atomic E-state index is 0.0638. The molecule has 0 spiro atoms. The Hall–Kier alpha value is -1.30. The molecule has 2 N–H and O–H groups in total. The summed E-state index contributed by atoms with van der Waals surface area (Å²) in [5, 5.41) is 10.4. The number of aliphatic hydroxyl groups is 1. The molecule has 1 heterocycles. The fourth-order valence-electron chi connectivity index (χ4n) is 4.91. The van der Waals surface area contributed by atoms with Crippen molar-refractivity contribution >= 4 is 22.0 Å². The van der Waals surface area contributed by atoms with Crippen molar-refractivity contribution in [2.24, 2.45) is 11.8 Å². The molecule has 1 aliphatic heterocycles. The van der Waals surface area contributed by atoms with Crippen LogP contribution in [0.15, 0.2) is 0 Å². The maximum Gasteiger partial charge on any atom is 0.304 e. The Morgan fingerprint density at radius 2 is 2.00 bits per heavy atom. The molecule has 0 bridgehead atoms. The summed E-state index contributed by atoms with van der Waals surface area (Å²) in [4.78, 5) is 25.3. The quantitative estimate of drug-likeness (QED) is 0.597. The number of carbonyl (C=O) groups excluding carboxylic acids is 2. The number of ether oxygens (including phenoxy) is 1. The molecule has 3 rings (SSSR count). The molecular weight excluding hydrogens is 405 g/mol. The lowest BCUT2D eigenvalue weighted by atomic mass is 9.66. The van der Waals surface area contributed by atoms with E-state index >= 15 is 4.39 Å². The summed E-state index contributed by atoms with van der Waals surface area (Å²) in [6.07, 6.45) is -1.13. The van der Waals surface area contributed by atoms with E-state index in [2.05, 4.69) is 0 Å². The van der Waals surface area contributed by atoms with Crippen LogP contribution in [0, 0.1) is 11.8 Å². The molecule has 0 aromatic carbocycles. The van der Waals surface area contributed by atoms with Crippen LogP contribution in [-0.4, -0.2) is 85.2 Å². The maximum absolute atomic E-state index is 15.4. The number of halogens is 1. The summed E-state index contributed by atoms with van der Waals surface area (Å²) in [5.41, 5.74) is 0. The van der Waals surface area contributed by atoms with Crippen LogP contribution in [0.5, 0.6) is 0 Å². The van der Waals surface area contributed by atoms with Gasteiger partial charge in [0.1, 0.15) is 12.8 Å². The Morgan fingerprint density at radius 1 is 1.31 bits per heavy atom. The minimum Gasteiger partial charge on any atom is -0.391 e. The van der Waals surface area contributed by atoms with Crippen molar-refractivity contribution < 1.29 is 32.2 Å². The van der Waals surface area contributed by atoms with Gasteiger partial charge in [-0.05, 0) is 51.4 Å². The van der Waals surface area contributed by atoms with Gasteiger partial charge in [-0.1, -0.05) is 0 Å². The molecular formula is C18H30FN3O6S. The Morgan fingerprint density at radius 3 is 2.59 bits per heavy atom. The van der Waals surface area contributed by atoms with Gasteiger partial charge in [-0.15, -0.1) is 0 Å². The number of nitrogens with one attached hydrogen (secondary N) is 1. The minimum atomic E-state index is -4.14. The van der Waals surface area contributed by atoms with Crippen LogP contribution in [0.25, 0.3) is 0 Å². The number of aliphatic hydroxyl groups excluding tert-OH is 1. The molecule has 0 radical (unpaired) electrons. The second kappa shape index (κ2) is 8.83. The predicted octanol–water partition coefficient (Wildman–Crippen LogP) is -0.196. The molecule has 29 heavy (non-hydrogen) atoms. The van der Waals surface area contributed by atoms with Crippen molar-refractivity contribution in [3.05, 3.63) is 0 Å². The normalized spacial score (nSPS) is 37.0. The zero-order valence-corrected chi connectivity index (χ0v) is 17.6. The first-order valence-electron chi connectivity index (χ1n) is 10.2. The smallest absolute Gasteiger partial charge is 0.304 e. The zero-order valence-electron chi connectivity index (χ0n) is 16.8. The number of fused-ring (bicyclic) bond motifs is 1. The van der Waals surface area contributed by atoms with Crippen molar-refractivity contribution in [1.29, 1.82) is 0 Å². The molecule has 6 unspecified atom stereocenters. The average molecular weight is 436 g/mol. The maximum atomic E-state index is 15.4. The average Bonchev–Trinajstić information content (AvgIpc) is 2.93. The van der Waals surface area contributed by atoms with E-state index in [0.717, 1.165) is 4.31 Å². The van der Waals surface area contributed by atoms with Crippen LogP contribution in [-0.2, 0) is 24.5 Å². The summed E-state index contributed by atoms with van der Waals surface area (Å²) in [7, 11) is -4.14. The standard InChI is InChI=1S/C18H30FN3O6S/c1-3-21(4-2)16(25)10-28-12-6-5-11-7-14(23)18(17(19)13(11)8-12)22-9-15(24)20-29(22,26)27/h11-14,17-18,23H,3-10H2,1-2H3,(H,20,24). The van der Waals surface area contributed by atoms with E-state index in [0.29, 0.717) is 32.4 Å². The van der Waals surface area contributed by atoms with Crippen molar-refractivity contribution in [2.75, 3.05) is 26.2 Å². The van der Waals surface area contributed by atoms with Gasteiger partial charge in [-0.3, -0.25) is 9.59 Å². The van der Waals surface area contributed by atoms with E-state index in [1.54, 1.807) is 4.90 Å². The van der Waals surface area contributed by atoms with Gasteiger partial charge in [0.15, 0.2) is 0 Å². The molecule has 11 heteroatoms. The van der Waals surface area contributed by atoms with E-state index in [9.17, 15) is 23.1 Å². The highest BCUT2D eigenvalue weighted by molar-refractivity contribution is 7.88. The lowest BCUT2D eigenvalue weighted by Crippen LogP contribution is -2.59. The fourth-order valence-corrected chi connectivity index (χ4v) is 6.25. The zero-order chi connectivity index (χ0) is 21.3. The van der Waals surface area contributed by atoms with E-state index in [-0.39, 0.29) is 31.0 Å². The van der Waals surface area contributed by atoms with Crippen LogP contribution in [0.1, 0.15) is 39.5 Å². The Kier molecular flexibility index (Phi) is 6.81. The van der Waals surface area contributed by atoms with Crippen LogP contribution in [0.2, 0.25) is 0 Å². The highest BCUT2D eigenvalue weighted by Crippen LogP contribution is 2.45. The molecule has 6 atom stereocenters. The van der Waals surface area contributed by atoms with E-state index in [1.165, 1.54) is 0 Å². The van der Waals surface area contributed by atoms with Crippen LogP contribution in [0.4, 0.5) is 4.39 Å². The van der Waals surface area contributed by atoms with Crippen LogP contribution >= 0.6 is 0 Å². The number of nitrogens with zero attached hydrogens (tertiary/aromatic N) is 2. The first kappa shape index (κ1) is 22.4. The number of alkyl halides is 1. The van der Waals surface area contributed by atoms with Crippen LogP contribution in [0.3, 0.4) is 0 Å². The first-order chi connectivity index (χ1) is 13.7. The molecule has 0 aromatic rings. The Labute approximate surface area is 170 Å². The monoisotopic (exact) mass is 435 g/mol. The van der Waals surface area contributed by atoms with Gasteiger partial charge in [0.2, 0.25) is 11.8 Å².